The summed E-state index contributed by atoms with van der Waals surface area (Å²) in [6, 6.07) is 11.8. The molecule has 0 aliphatic heterocycles. The number of pyridine rings is 1. The number of nitrogens with two attached hydrogens (primary N) is 1. The highest BCUT2D eigenvalue weighted by atomic mass is 32.1. The van der Waals surface area contributed by atoms with Gasteiger partial charge < -0.3 is 10.5 Å². The van der Waals surface area contributed by atoms with Crippen molar-refractivity contribution in [3.05, 3.63) is 41.0 Å². The quantitative estimate of drug-likeness (QED) is 0.651. The van der Waals surface area contributed by atoms with Crippen LogP contribution >= 0.6 is 12.6 Å². The first-order chi connectivity index (χ1) is 11.1. The Kier molecular flexibility index (Phi) is 5.59. The molecule has 0 saturated carbocycles. The fourth-order valence-electron chi connectivity index (χ4n) is 2.36. The highest BCUT2D eigenvalue weighted by Gasteiger charge is 2.18. The van der Waals surface area contributed by atoms with Crippen LogP contribution in [-0.4, -0.2) is 18.7 Å². The Labute approximate surface area is 140 Å². The van der Waals surface area contributed by atoms with Crippen molar-refractivity contribution >= 4 is 18.4 Å². The molecule has 0 aliphatic rings. The number of rotatable bonds is 5. The van der Waals surface area contributed by atoms with E-state index in [1.165, 1.54) is 0 Å². The summed E-state index contributed by atoms with van der Waals surface area (Å²) in [6.07, 6.45) is 1.84. The predicted molar refractivity (Wildman–Crippen MR) is 91.0 cm³/mol. The van der Waals surface area contributed by atoms with Crippen LogP contribution in [0.4, 0.5) is 5.82 Å². The molecule has 0 atom stereocenters. The van der Waals surface area contributed by atoms with E-state index in [9.17, 15) is 10.5 Å². The Hall–Kier alpha value is -2.54. The smallest absolute Gasteiger partial charge is 0.143 e. The Morgan fingerprint density at radius 2 is 1.83 bits per heavy atom. The first-order valence-corrected chi connectivity index (χ1v) is 7.48. The van der Waals surface area contributed by atoms with Crippen LogP contribution in [0.25, 0.3) is 11.1 Å². The minimum absolute atomic E-state index is 0.0793. The molecule has 0 saturated heterocycles. The van der Waals surface area contributed by atoms with Crippen molar-refractivity contribution in [2.24, 2.45) is 0 Å². The molecule has 5 nitrogen and oxygen atoms in total. The predicted octanol–water partition coefficient (Wildman–Crippen LogP) is 2.94. The minimum atomic E-state index is 0.0793. The van der Waals surface area contributed by atoms with Crippen molar-refractivity contribution in [3.63, 3.8) is 0 Å². The number of nitrogen functional groups attached to an aromatic ring is 1. The third kappa shape index (κ3) is 3.62. The molecule has 116 valence electrons. The average molecular weight is 324 g/mol. The van der Waals surface area contributed by atoms with E-state index in [1.807, 2.05) is 30.3 Å². The van der Waals surface area contributed by atoms with Gasteiger partial charge in [-0.3, -0.25) is 0 Å². The molecule has 0 aliphatic carbocycles. The highest BCUT2D eigenvalue weighted by Crippen LogP contribution is 2.33. The van der Waals surface area contributed by atoms with Crippen molar-refractivity contribution in [2.45, 2.75) is 17.9 Å². The second-order valence-corrected chi connectivity index (χ2v) is 5.39. The molecule has 1 aromatic carbocycles. The second kappa shape index (κ2) is 7.64. The van der Waals surface area contributed by atoms with Gasteiger partial charge in [0.05, 0.1) is 5.56 Å². The van der Waals surface area contributed by atoms with Crippen LogP contribution in [0.1, 0.15) is 23.1 Å². The monoisotopic (exact) mass is 324 g/mol. The number of hydrogen-bond acceptors (Lipinski definition) is 6. The van der Waals surface area contributed by atoms with Crippen molar-refractivity contribution in [3.8, 4) is 23.3 Å². The van der Waals surface area contributed by atoms with Gasteiger partial charge in [-0.2, -0.15) is 10.5 Å². The van der Waals surface area contributed by atoms with Crippen LogP contribution in [0.5, 0.6) is 0 Å². The normalized spacial score (nSPS) is 10.1. The van der Waals surface area contributed by atoms with Crippen LogP contribution in [0.3, 0.4) is 0 Å². The standard InChI is InChI=1S/C17H16N4OS/c1-22-8-2-3-11-4-6-12(7-5-11)15-13(9-18)16(20)21-17(23)14(15)10-19/h4-7H,2-3,8H2,1H3,(H3,20,21,23). The van der Waals surface area contributed by atoms with E-state index >= 15 is 0 Å². The van der Waals surface area contributed by atoms with Gasteiger partial charge in [0.2, 0.25) is 0 Å². The fraction of sp³-hybridized carbons (Fsp3) is 0.235. The molecule has 2 rings (SSSR count). The molecule has 2 N–H and O–H groups in total. The zero-order valence-corrected chi connectivity index (χ0v) is 13.6. The summed E-state index contributed by atoms with van der Waals surface area (Å²) in [5.41, 5.74) is 8.65. The summed E-state index contributed by atoms with van der Waals surface area (Å²) < 4.78 is 5.04. The third-order valence-corrected chi connectivity index (χ3v) is 3.81. The molecule has 0 amide bonds. The van der Waals surface area contributed by atoms with Crippen LogP contribution in [0, 0.1) is 22.7 Å². The molecule has 0 bridgehead atoms. The number of hydrogen-bond donors (Lipinski definition) is 2. The van der Waals surface area contributed by atoms with E-state index in [0.717, 1.165) is 24.0 Å². The number of benzene rings is 1. The number of methoxy groups -OCH3 is 1. The molecule has 1 aromatic heterocycles. The van der Waals surface area contributed by atoms with Gasteiger partial charge in [-0.05, 0) is 24.0 Å². The lowest BCUT2D eigenvalue weighted by Gasteiger charge is -2.11. The zero-order valence-electron chi connectivity index (χ0n) is 12.7. The summed E-state index contributed by atoms with van der Waals surface area (Å²) in [4.78, 5) is 3.95. The van der Waals surface area contributed by atoms with Gasteiger partial charge in [0, 0.05) is 19.3 Å². The zero-order chi connectivity index (χ0) is 16.8. The van der Waals surface area contributed by atoms with Crippen LogP contribution in [-0.2, 0) is 11.2 Å². The maximum absolute atomic E-state index is 9.37. The lowest BCUT2D eigenvalue weighted by atomic mass is 9.95. The van der Waals surface area contributed by atoms with Crippen molar-refractivity contribution in [1.82, 2.24) is 4.98 Å². The largest absolute Gasteiger partial charge is 0.385 e. The van der Waals surface area contributed by atoms with E-state index in [0.29, 0.717) is 12.2 Å². The Morgan fingerprint density at radius 3 is 2.39 bits per heavy atom. The van der Waals surface area contributed by atoms with Gasteiger partial charge in [0.1, 0.15) is 28.5 Å². The second-order valence-electron chi connectivity index (χ2n) is 4.96. The van der Waals surface area contributed by atoms with Crippen LogP contribution in [0.15, 0.2) is 29.3 Å². The maximum Gasteiger partial charge on any atom is 0.143 e. The molecule has 0 spiro atoms. The Morgan fingerprint density at radius 1 is 1.17 bits per heavy atom. The van der Waals surface area contributed by atoms with Gasteiger partial charge in [-0.1, -0.05) is 24.3 Å². The number of ether oxygens (including phenoxy) is 1. The Balaban J connectivity index is 2.46. The van der Waals surface area contributed by atoms with Gasteiger partial charge in [-0.15, -0.1) is 12.6 Å². The Bertz CT molecular complexity index is 750. The molecular formula is C17H16N4OS. The lowest BCUT2D eigenvalue weighted by molar-refractivity contribution is 0.195. The molecule has 0 radical (unpaired) electrons. The van der Waals surface area contributed by atoms with Gasteiger partial charge in [0.25, 0.3) is 0 Å². The third-order valence-electron chi connectivity index (χ3n) is 3.49. The molecule has 1 heterocycles. The average Bonchev–Trinajstić information content (AvgIpc) is 2.55. The van der Waals surface area contributed by atoms with Crippen molar-refractivity contribution < 1.29 is 4.74 Å². The molecule has 2 aromatic rings. The SMILES string of the molecule is COCCCc1ccc(-c2c(C#N)c(N)nc(S)c2C#N)cc1. The highest BCUT2D eigenvalue weighted by molar-refractivity contribution is 7.80. The summed E-state index contributed by atoms with van der Waals surface area (Å²) in [5.74, 6) is 0.0793. The molecular weight excluding hydrogens is 308 g/mol. The lowest BCUT2D eigenvalue weighted by Crippen LogP contribution is -2.02. The van der Waals surface area contributed by atoms with Crippen LogP contribution in [0.2, 0.25) is 0 Å². The van der Waals surface area contributed by atoms with Crippen LogP contribution < -0.4 is 5.73 Å². The first kappa shape index (κ1) is 16.8. The van der Waals surface area contributed by atoms with Gasteiger partial charge in [0.15, 0.2) is 0 Å². The molecule has 6 heteroatoms. The van der Waals surface area contributed by atoms with E-state index in [2.05, 4.69) is 23.7 Å². The summed E-state index contributed by atoms with van der Waals surface area (Å²) in [7, 11) is 1.68. The molecule has 23 heavy (non-hydrogen) atoms. The number of aromatic nitrogens is 1. The number of anilines is 1. The summed E-state index contributed by atoms with van der Waals surface area (Å²) >= 11 is 4.19. The first-order valence-electron chi connectivity index (χ1n) is 7.03. The number of nitriles is 2. The van der Waals surface area contributed by atoms with E-state index in [1.54, 1.807) is 7.11 Å². The van der Waals surface area contributed by atoms with Crippen molar-refractivity contribution in [1.29, 1.82) is 10.5 Å². The molecule has 0 unspecified atom stereocenters. The number of thiol groups is 1. The number of nitrogens with zero attached hydrogens (tertiary/aromatic N) is 3. The topological polar surface area (TPSA) is 95.7 Å². The molecule has 0 fully saturated rings. The fourth-order valence-corrected chi connectivity index (χ4v) is 2.63. The minimum Gasteiger partial charge on any atom is -0.385 e. The number of aryl methyl sites for hydroxylation is 1. The van der Waals surface area contributed by atoms with Gasteiger partial charge >= 0.3 is 0 Å². The summed E-state index contributed by atoms with van der Waals surface area (Å²) in [5, 5.41) is 18.9. The summed E-state index contributed by atoms with van der Waals surface area (Å²) in [6.45, 7) is 0.711. The van der Waals surface area contributed by atoms with Crippen molar-refractivity contribution in [2.75, 3.05) is 19.5 Å². The maximum atomic E-state index is 9.37. The van der Waals surface area contributed by atoms with E-state index in [-0.39, 0.29) is 22.0 Å². The van der Waals surface area contributed by atoms with E-state index in [4.69, 9.17) is 10.5 Å². The van der Waals surface area contributed by atoms with E-state index < -0.39 is 0 Å². The van der Waals surface area contributed by atoms with Gasteiger partial charge in [-0.25, -0.2) is 4.98 Å².